The van der Waals surface area contributed by atoms with Crippen LogP contribution >= 0.6 is 0 Å². The standard InChI is InChI=1S/C18H22O3/c1-13-8-6-5-7-9-14(10-13)15-11-16(19-2)18(21-4)17(12-15)20-3/h7-12H,5-6H2,1-4H3/b9-7?,13-8-,14-10?. The fourth-order valence-corrected chi connectivity index (χ4v) is 2.40. The van der Waals surface area contributed by atoms with E-state index in [2.05, 4.69) is 31.2 Å². The third-order valence-electron chi connectivity index (χ3n) is 3.48. The van der Waals surface area contributed by atoms with Crippen molar-refractivity contribution in [3.05, 3.63) is 47.6 Å². The molecule has 0 unspecified atom stereocenters. The van der Waals surface area contributed by atoms with Crippen LogP contribution < -0.4 is 14.2 Å². The normalized spacial score (nSPS) is 17.1. The second-order valence-corrected chi connectivity index (χ2v) is 4.94. The second-order valence-electron chi connectivity index (χ2n) is 4.94. The van der Waals surface area contributed by atoms with Crippen LogP contribution in [0, 0.1) is 0 Å². The lowest BCUT2D eigenvalue weighted by atomic mass is 9.99. The molecule has 1 aromatic rings. The van der Waals surface area contributed by atoms with Gasteiger partial charge in [0.15, 0.2) is 11.5 Å². The lowest BCUT2D eigenvalue weighted by molar-refractivity contribution is 0.324. The summed E-state index contributed by atoms with van der Waals surface area (Å²) in [6.07, 6.45) is 10.9. The average molecular weight is 286 g/mol. The Bertz CT molecular complexity index is 569. The van der Waals surface area contributed by atoms with Gasteiger partial charge in [-0.2, -0.15) is 0 Å². The van der Waals surface area contributed by atoms with Crippen LogP contribution in [0.1, 0.15) is 25.3 Å². The van der Waals surface area contributed by atoms with Crippen LogP contribution in [-0.2, 0) is 0 Å². The van der Waals surface area contributed by atoms with Crippen molar-refractivity contribution in [1.29, 1.82) is 0 Å². The van der Waals surface area contributed by atoms with Gasteiger partial charge >= 0.3 is 0 Å². The summed E-state index contributed by atoms with van der Waals surface area (Å²) in [5.74, 6) is 1.96. The zero-order valence-corrected chi connectivity index (χ0v) is 13.1. The number of hydrogen-bond donors (Lipinski definition) is 0. The van der Waals surface area contributed by atoms with E-state index in [1.807, 2.05) is 12.1 Å². The van der Waals surface area contributed by atoms with Gasteiger partial charge in [-0.1, -0.05) is 29.9 Å². The van der Waals surface area contributed by atoms with Gasteiger partial charge in [-0.15, -0.1) is 0 Å². The summed E-state index contributed by atoms with van der Waals surface area (Å²) in [6.45, 7) is 2.12. The Hall–Kier alpha value is -2.16. The van der Waals surface area contributed by atoms with E-state index in [-0.39, 0.29) is 0 Å². The quantitative estimate of drug-likeness (QED) is 0.821. The minimum Gasteiger partial charge on any atom is -0.493 e. The molecule has 1 aromatic carbocycles. The number of allylic oxidation sites excluding steroid dienone is 6. The molecule has 1 aliphatic carbocycles. The first-order valence-corrected chi connectivity index (χ1v) is 7.05. The van der Waals surface area contributed by atoms with Crippen molar-refractivity contribution in [3.8, 4) is 17.2 Å². The fraction of sp³-hybridized carbons (Fsp3) is 0.333. The smallest absolute Gasteiger partial charge is 0.203 e. The highest BCUT2D eigenvalue weighted by Gasteiger charge is 2.14. The third-order valence-corrected chi connectivity index (χ3v) is 3.48. The average Bonchev–Trinajstić information content (AvgIpc) is 2.49. The molecule has 0 N–H and O–H groups in total. The van der Waals surface area contributed by atoms with Crippen LogP contribution in [0.4, 0.5) is 0 Å². The number of hydrogen-bond acceptors (Lipinski definition) is 3. The summed E-state index contributed by atoms with van der Waals surface area (Å²) < 4.78 is 16.2. The Kier molecular flexibility index (Phi) is 5.09. The van der Waals surface area contributed by atoms with Gasteiger partial charge in [-0.25, -0.2) is 0 Å². The molecular formula is C18H22O3. The molecule has 21 heavy (non-hydrogen) atoms. The number of benzene rings is 1. The zero-order valence-electron chi connectivity index (χ0n) is 13.1. The van der Waals surface area contributed by atoms with Crippen molar-refractivity contribution in [2.75, 3.05) is 21.3 Å². The minimum absolute atomic E-state index is 0.617. The first kappa shape index (κ1) is 15.2. The molecule has 3 heteroatoms. The van der Waals surface area contributed by atoms with E-state index in [0.29, 0.717) is 17.2 Å². The van der Waals surface area contributed by atoms with Gasteiger partial charge < -0.3 is 14.2 Å². The third kappa shape index (κ3) is 3.48. The van der Waals surface area contributed by atoms with Gasteiger partial charge in [0.05, 0.1) is 21.3 Å². The molecular weight excluding hydrogens is 264 g/mol. The van der Waals surface area contributed by atoms with Crippen LogP contribution in [0.5, 0.6) is 17.2 Å². The monoisotopic (exact) mass is 286 g/mol. The van der Waals surface area contributed by atoms with E-state index >= 15 is 0 Å². The Morgan fingerprint density at radius 2 is 1.57 bits per heavy atom. The van der Waals surface area contributed by atoms with E-state index in [1.54, 1.807) is 21.3 Å². The molecule has 112 valence electrons. The summed E-state index contributed by atoms with van der Waals surface area (Å²) in [5, 5.41) is 0. The van der Waals surface area contributed by atoms with Crippen LogP contribution in [0.15, 0.2) is 42.0 Å². The molecule has 1 aliphatic rings. The van der Waals surface area contributed by atoms with E-state index < -0.39 is 0 Å². The highest BCUT2D eigenvalue weighted by molar-refractivity contribution is 5.79. The highest BCUT2D eigenvalue weighted by Crippen LogP contribution is 2.40. The molecule has 0 bridgehead atoms. The highest BCUT2D eigenvalue weighted by atomic mass is 16.5. The van der Waals surface area contributed by atoms with Crippen molar-refractivity contribution in [1.82, 2.24) is 0 Å². The van der Waals surface area contributed by atoms with Crippen molar-refractivity contribution < 1.29 is 14.2 Å². The molecule has 2 rings (SSSR count). The Labute approximate surface area is 126 Å². The van der Waals surface area contributed by atoms with Crippen LogP contribution in [-0.4, -0.2) is 21.3 Å². The molecule has 0 radical (unpaired) electrons. The summed E-state index contributed by atoms with van der Waals surface area (Å²) in [5.41, 5.74) is 3.46. The van der Waals surface area contributed by atoms with Crippen LogP contribution in [0.3, 0.4) is 0 Å². The number of rotatable bonds is 4. The lowest BCUT2D eigenvalue weighted by Gasteiger charge is -2.15. The zero-order chi connectivity index (χ0) is 15.2. The molecule has 0 saturated carbocycles. The number of methoxy groups -OCH3 is 3. The van der Waals surface area contributed by atoms with Crippen LogP contribution in [0.25, 0.3) is 5.57 Å². The molecule has 0 amide bonds. The molecule has 0 spiro atoms. The van der Waals surface area contributed by atoms with Crippen molar-refractivity contribution >= 4 is 5.57 Å². The largest absolute Gasteiger partial charge is 0.493 e. The molecule has 0 aromatic heterocycles. The van der Waals surface area contributed by atoms with Crippen molar-refractivity contribution in [2.24, 2.45) is 0 Å². The summed E-state index contributed by atoms with van der Waals surface area (Å²) in [6, 6.07) is 3.96. The molecule has 0 fully saturated rings. The first-order valence-electron chi connectivity index (χ1n) is 7.05. The van der Waals surface area contributed by atoms with Gasteiger partial charge in [-0.3, -0.25) is 0 Å². The van der Waals surface area contributed by atoms with Gasteiger partial charge in [-0.05, 0) is 43.0 Å². The fourth-order valence-electron chi connectivity index (χ4n) is 2.40. The molecule has 0 aliphatic heterocycles. The van der Waals surface area contributed by atoms with Crippen LogP contribution in [0.2, 0.25) is 0 Å². The summed E-state index contributed by atoms with van der Waals surface area (Å²) >= 11 is 0. The topological polar surface area (TPSA) is 27.7 Å². The number of ether oxygens (including phenoxy) is 3. The van der Waals surface area contributed by atoms with E-state index in [9.17, 15) is 0 Å². The Morgan fingerprint density at radius 1 is 0.905 bits per heavy atom. The van der Waals surface area contributed by atoms with E-state index in [4.69, 9.17) is 14.2 Å². The molecule has 0 saturated heterocycles. The maximum absolute atomic E-state index is 5.42. The summed E-state index contributed by atoms with van der Waals surface area (Å²) in [4.78, 5) is 0. The summed E-state index contributed by atoms with van der Waals surface area (Å²) in [7, 11) is 4.88. The SMILES string of the molecule is COc1cc(C2=C/C(C)=C\CCC=C2)cc(OC)c1OC. The second kappa shape index (κ2) is 7.02. The lowest BCUT2D eigenvalue weighted by Crippen LogP contribution is -1.97. The maximum Gasteiger partial charge on any atom is 0.203 e. The molecule has 0 heterocycles. The Morgan fingerprint density at radius 3 is 2.14 bits per heavy atom. The minimum atomic E-state index is 0.617. The van der Waals surface area contributed by atoms with Gasteiger partial charge in [0, 0.05) is 0 Å². The molecule has 0 atom stereocenters. The predicted molar refractivity (Wildman–Crippen MR) is 86.2 cm³/mol. The first-order chi connectivity index (χ1) is 10.2. The van der Waals surface area contributed by atoms with Crippen molar-refractivity contribution in [2.45, 2.75) is 19.8 Å². The Balaban J connectivity index is 2.55. The van der Waals surface area contributed by atoms with Gasteiger partial charge in [0.2, 0.25) is 5.75 Å². The van der Waals surface area contributed by atoms with Crippen molar-refractivity contribution in [3.63, 3.8) is 0 Å². The van der Waals surface area contributed by atoms with E-state index in [1.165, 1.54) is 5.57 Å². The predicted octanol–water partition coefficient (Wildman–Crippen LogP) is 4.39. The van der Waals surface area contributed by atoms with Gasteiger partial charge in [0.25, 0.3) is 0 Å². The van der Waals surface area contributed by atoms with E-state index in [0.717, 1.165) is 24.0 Å². The van der Waals surface area contributed by atoms with Gasteiger partial charge in [0.1, 0.15) is 0 Å². The maximum atomic E-state index is 5.42. The molecule has 3 nitrogen and oxygen atoms in total.